The number of benzene rings is 3. The number of hydrogen-bond donors (Lipinski definition) is 0. The van der Waals surface area contributed by atoms with Crippen LogP contribution in [0.3, 0.4) is 0 Å². The number of rotatable bonds is 3. The number of hydrogen-bond acceptors (Lipinski definition) is 1. The summed E-state index contributed by atoms with van der Waals surface area (Å²) in [5, 5.41) is 0. The quantitative estimate of drug-likeness (QED) is 0.564. The van der Waals surface area contributed by atoms with Gasteiger partial charge in [0.15, 0.2) is 0 Å². The Balaban J connectivity index is 1.79. The zero-order chi connectivity index (χ0) is 15.9. The van der Waals surface area contributed by atoms with Crippen LogP contribution in [0.5, 0.6) is 5.75 Å². The predicted molar refractivity (Wildman–Crippen MR) is 97.3 cm³/mol. The molecule has 3 aromatic carbocycles. The molecule has 0 N–H and O–H groups in total. The van der Waals surface area contributed by atoms with E-state index in [9.17, 15) is 0 Å². The molecule has 0 aliphatic carbocycles. The molecular weight excluding hydrogens is 348 g/mol. The van der Waals surface area contributed by atoms with Crippen LogP contribution >= 0.6 is 15.9 Å². The first-order valence-corrected chi connectivity index (χ1v) is 8.14. The minimum atomic E-state index is 0.505. The molecule has 0 spiro atoms. The largest absolute Gasteiger partial charge is 0.488 e. The Kier molecular flexibility index (Phi) is 5.13. The fourth-order valence-corrected chi connectivity index (χ4v) is 2.53. The zero-order valence-corrected chi connectivity index (χ0v) is 14.1. The molecule has 23 heavy (non-hydrogen) atoms. The second kappa shape index (κ2) is 7.67. The van der Waals surface area contributed by atoms with E-state index in [4.69, 9.17) is 4.74 Å². The summed E-state index contributed by atoms with van der Waals surface area (Å²) in [5.41, 5.74) is 3.00. The van der Waals surface area contributed by atoms with Gasteiger partial charge in [0.2, 0.25) is 0 Å². The van der Waals surface area contributed by atoms with E-state index < -0.39 is 0 Å². The van der Waals surface area contributed by atoms with E-state index in [1.165, 1.54) is 0 Å². The van der Waals surface area contributed by atoms with Crippen molar-refractivity contribution in [2.75, 3.05) is 0 Å². The van der Waals surface area contributed by atoms with Gasteiger partial charge in [-0.05, 0) is 30.3 Å². The standard InChI is InChI=1S/C21H15BrO/c22-20-12-6-4-11-19(20)16-23-21-13-7-5-10-18(21)15-14-17-8-2-1-3-9-17/h1-13H,16H2. The van der Waals surface area contributed by atoms with Crippen molar-refractivity contribution < 1.29 is 4.74 Å². The van der Waals surface area contributed by atoms with Crippen molar-refractivity contribution in [3.63, 3.8) is 0 Å². The molecule has 0 amide bonds. The van der Waals surface area contributed by atoms with Gasteiger partial charge in [-0.2, -0.15) is 0 Å². The van der Waals surface area contributed by atoms with Crippen LogP contribution in [0.15, 0.2) is 83.3 Å². The summed E-state index contributed by atoms with van der Waals surface area (Å²) in [7, 11) is 0. The van der Waals surface area contributed by atoms with Crippen LogP contribution in [0, 0.1) is 11.8 Å². The van der Waals surface area contributed by atoms with Crippen LogP contribution in [0.25, 0.3) is 0 Å². The van der Waals surface area contributed by atoms with Gasteiger partial charge in [0.1, 0.15) is 12.4 Å². The Morgan fingerprint density at radius 3 is 2.26 bits per heavy atom. The van der Waals surface area contributed by atoms with Crippen molar-refractivity contribution >= 4 is 15.9 Å². The first kappa shape index (κ1) is 15.4. The van der Waals surface area contributed by atoms with Gasteiger partial charge >= 0.3 is 0 Å². The average Bonchev–Trinajstić information content (AvgIpc) is 2.61. The Labute approximate surface area is 145 Å². The summed E-state index contributed by atoms with van der Waals surface area (Å²) in [6.07, 6.45) is 0. The van der Waals surface area contributed by atoms with Crippen molar-refractivity contribution in [3.8, 4) is 17.6 Å². The maximum Gasteiger partial charge on any atom is 0.135 e. The third-order valence-corrected chi connectivity index (χ3v) is 4.12. The first-order chi connectivity index (χ1) is 11.3. The van der Waals surface area contributed by atoms with E-state index in [0.717, 1.165) is 26.9 Å². The van der Waals surface area contributed by atoms with Gasteiger partial charge in [0.05, 0.1) is 5.56 Å². The Morgan fingerprint density at radius 2 is 1.43 bits per heavy atom. The number of para-hydroxylation sites is 1. The third-order valence-electron chi connectivity index (χ3n) is 3.34. The molecule has 0 saturated carbocycles. The van der Waals surface area contributed by atoms with E-state index in [2.05, 4.69) is 27.8 Å². The molecule has 0 heterocycles. The minimum absolute atomic E-state index is 0.505. The van der Waals surface area contributed by atoms with Gasteiger partial charge in [-0.3, -0.25) is 0 Å². The molecule has 0 atom stereocenters. The molecule has 1 nitrogen and oxygen atoms in total. The topological polar surface area (TPSA) is 9.23 Å². The zero-order valence-electron chi connectivity index (χ0n) is 12.5. The van der Waals surface area contributed by atoms with Gasteiger partial charge in [-0.15, -0.1) is 0 Å². The van der Waals surface area contributed by atoms with Gasteiger partial charge in [0, 0.05) is 15.6 Å². The maximum atomic E-state index is 5.96. The summed E-state index contributed by atoms with van der Waals surface area (Å²) in [5.74, 6) is 7.16. The van der Waals surface area contributed by atoms with E-state index in [-0.39, 0.29) is 0 Å². The van der Waals surface area contributed by atoms with Crippen LogP contribution in [-0.2, 0) is 6.61 Å². The highest BCUT2D eigenvalue weighted by atomic mass is 79.9. The van der Waals surface area contributed by atoms with Crippen LogP contribution in [0.1, 0.15) is 16.7 Å². The molecule has 0 fully saturated rings. The number of halogens is 1. The average molecular weight is 363 g/mol. The second-order valence-corrected chi connectivity index (χ2v) is 5.85. The van der Waals surface area contributed by atoms with Crippen LogP contribution < -0.4 is 4.74 Å². The highest BCUT2D eigenvalue weighted by molar-refractivity contribution is 9.10. The van der Waals surface area contributed by atoms with E-state index in [1.54, 1.807) is 0 Å². The minimum Gasteiger partial charge on any atom is -0.488 e. The summed E-state index contributed by atoms with van der Waals surface area (Å²) < 4.78 is 7.01. The fraction of sp³-hybridized carbons (Fsp3) is 0.0476. The molecule has 112 valence electrons. The van der Waals surface area contributed by atoms with Crippen molar-refractivity contribution in [1.29, 1.82) is 0 Å². The van der Waals surface area contributed by atoms with Crippen LogP contribution in [0.2, 0.25) is 0 Å². The molecule has 0 aliphatic rings. The van der Waals surface area contributed by atoms with Gasteiger partial charge in [-0.1, -0.05) is 76.3 Å². The molecule has 0 bridgehead atoms. The van der Waals surface area contributed by atoms with Gasteiger partial charge in [-0.25, -0.2) is 0 Å². The maximum absolute atomic E-state index is 5.96. The molecule has 3 rings (SSSR count). The summed E-state index contributed by atoms with van der Waals surface area (Å²) in [4.78, 5) is 0. The summed E-state index contributed by atoms with van der Waals surface area (Å²) >= 11 is 3.54. The van der Waals surface area contributed by atoms with Crippen molar-refractivity contribution in [1.82, 2.24) is 0 Å². The van der Waals surface area contributed by atoms with E-state index in [1.807, 2.05) is 78.9 Å². The SMILES string of the molecule is Brc1ccccc1COc1ccccc1C#Cc1ccccc1. The van der Waals surface area contributed by atoms with E-state index >= 15 is 0 Å². The molecule has 3 aromatic rings. The van der Waals surface area contributed by atoms with E-state index in [0.29, 0.717) is 6.61 Å². The number of ether oxygens (including phenoxy) is 1. The summed E-state index contributed by atoms with van der Waals surface area (Å²) in [6, 6.07) is 25.9. The molecule has 0 unspecified atom stereocenters. The Morgan fingerprint density at radius 1 is 0.739 bits per heavy atom. The van der Waals surface area contributed by atoms with Crippen LogP contribution in [0.4, 0.5) is 0 Å². The predicted octanol–water partition coefficient (Wildman–Crippen LogP) is 5.43. The van der Waals surface area contributed by atoms with Crippen molar-refractivity contribution in [2.24, 2.45) is 0 Å². The summed E-state index contributed by atoms with van der Waals surface area (Å²) in [6.45, 7) is 0.505. The van der Waals surface area contributed by atoms with Crippen molar-refractivity contribution in [2.45, 2.75) is 6.61 Å². The third kappa shape index (κ3) is 4.25. The monoisotopic (exact) mass is 362 g/mol. The molecule has 0 radical (unpaired) electrons. The Hall–Kier alpha value is -2.50. The molecule has 0 aromatic heterocycles. The lowest BCUT2D eigenvalue weighted by Gasteiger charge is -2.09. The Bertz CT molecular complexity index is 844. The lowest BCUT2D eigenvalue weighted by molar-refractivity contribution is 0.304. The van der Waals surface area contributed by atoms with Gasteiger partial charge < -0.3 is 4.74 Å². The molecule has 2 heteroatoms. The molecule has 0 saturated heterocycles. The van der Waals surface area contributed by atoms with Crippen molar-refractivity contribution in [3.05, 3.63) is 100 Å². The highest BCUT2D eigenvalue weighted by Crippen LogP contribution is 2.21. The van der Waals surface area contributed by atoms with Gasteiger partial charge in [0.25, 0.3) is 0 Å². The normalized spacial score (nSPS) is 9.78. The second-order valence-electron chi connectivity index (χ2n) is 4.99. The van der Waals surface area contributed by atoms with Crippen LogP contribution in [-0.4, -0.2) is 0 Å². The lowest BCUT2D eigenvalue weighted by atomic mass is 10.1. The fourth-order valence-electron chi connectivity index (χ4n) is 2.13. The lowest BCUT2D eigenvalue weighted by Crippen LogP contribution is -1.98. The molecular formula is C21H15BrO. The molecule has 0 aliphatic heterocycles. The smallest absolute Gasteiger partial charge is 0.135 e. The highest BCUT2D eigenvalue weighted by Gasteiger charge is 2.03. The first-order valence-electron chi connectivity index (χ1n) is 7.35.